The highest BCUT2D eigenvalue weighted by atomic mass is 32.2. The van der Waals surface area contributed by atoms with Crippen molar-refractivity contribution in [2.75, 3.05) is 0 Å². The van der Waals surface area contributed by atoms with Gasteiger partial charge in [-0.2, -0.15) is 8.42 Å². The second-order valence-corrected chi connectivity index (χ2v) is 6.40. The second-order valence-electron chi connectivity index (χ2n) is 5.04. The second kappa shape index (κ2) is 6.34. The molecule has 0 bridgehead atoms. The summed E-state index contributed by atoms with van der Waals surface area (Å²) in [5, 5.41) is 22.0. The van der Waals surface area contributed by atoms with Crippen LogP contribution in [-0.4, -0.2) is 22.8 Å². The normalized spacial score (nSPS) is 11.2. The highest BCUT2D eigenvalue weighted by Crippen LogP contribution is 2.29. The van der Waals surface area contributed by atoms with Crippen molar-refractivity contribution in [1.29, 1.82) is 0 Å². The lowest BCUT2D eigenvalue weighted by Gasteiger charge is -2.10. The van der Waals surface area contributed by atoms with Crippen LogP contribution in [0.4, 0.5) is 11.4 Å². The lowest BCUT2D eigenvalue weighted by atomic mass is 10.0. The summed E-state index contributed by atoms with van der Waals surface area (Å²) in [5.74, 6) is 0. The standard InChI is InChI=1S/C14H12N2O7S/c1-9-3-2-4-10(14(9)24(21,22)23)7-11-8-12(15(17)18)5-6-13(11)16(19)20/h2-6,8H,7H2,1H3,(H,21,22,23). The minimum absolute atomic E-state index is 0.0234. The van der Waals surface area contributed by atoms with Crippen LogP contribution in [0, 0.1) is 27.2 Å². The molecule has 0 radical (unpaired) electrons. The van der Waals surface area contributed by atoms with E-state index < -0.39 is 20.0 Å². The molecule has 0 atom stereocenters. The fourth-order valence-corrected chi connectivity index (χ4v) is 3.38. The van der Waals surface area contributed by atoms with Gasteiger partial charge in [0, 0.05) is 30.2 Å². The molecule has 126 valence electrons. The highest BCUT2D eigenvalue weighted by molar-refractivity contribution is 7.86. The molecule has 1 N–H and O–H groups in total. The van der Waals surface area contributed by atoms with Gasteiger partial charge >= 0.3 is 0 Å². The Kier molecular flexibility index (Phi) is 4.62. The number of nitro benzene ring substituents is 2. The average Bonchev–Trinajstić information content (AvgIpc) is 2.45. The molecular weight excluding hydrogens is 340 g/mol. The van der Waals surface area contributed by atoms with Crippen molar-refractivity contribution in [2.24, 2.45) is 0 Å². The first-order valence-corrected chi connectivity index (χ1v) is 8.03. The summed E-state index contributed by atoms with van der Waals surface area (Å²) in [7, 11) is -4.55. The molecule has 0 aliphatic rings. The van der Waals surface area contributed by atoms with E-state index in [2.05, 4.69) is 0 Å². The Morgan fingerprint density at radius 1 is 1.04 bits per heavy atom. The van der Waals surface area contributed by atoms with Gasteiger partial charge in [0.1, 0.15) is 4.90 Å². The van der Waals surface area contributed by atoms with Crippen LogP contribution in [0.25, 0.3) is 0 Å². The third-order valence-electron chi connectivity index (χ3n) is 3.40. The number of non-ortho nitro benzene ring substituents is 1. The Morgan fingerprint density at radius 2 is 1.71 bits per heavy atom. The maximum atomic E-state index is 11.6. The van der Waals surface area contributed by atoms with Crippen molar-refractivity contribution < 1.29 is 22.8 Å². The molecule has 0 saturated carbocycles. The van der Waals surface area contributed by atoms with E-state index in [-0.39, 0.29) is 39.4 Å². The molecule has 0 fully saturated rings. The molecule has 2 aromatic carbocycles. The van der Waals surface area contributed by atoms with Gasteiger partial charge in [-0.25, -0.2) is 0 Å². The fraction of sp³-hybridized carbons (Fsp3) is 0.143. The SMILES string of the molecule is Cc1cccc(Cc2cc([N+](=O)[O-])ccc2[N+](=O)[O-])c1S(=O)(=O)O. The van der Waals surface area contributed by atoms with Gasteiger partial charge in [0.15, 0.2) is 0 Å². The molecule has 2 rings (SSSR count). The summed E-state index contributed by atoms with van der Waals surface area (Å²) >= 11 is 0. The molecule has 9 nitrogen and oxygen atoms in total. The Hall–Kier alpha value is -2.85. The molecule has 0 unspecified atom stereocenters. The van der Waals surface area contributed by atoms with Crippen LogP contribution in [0.2, 0.25) is 0 Å². The maximum absolute atomic E-state index is 11.6. The van der Waals surface area contributed by atoms with Crippen molar-refractivity contribution >= 4 is 21.5 Å². The fourth-order valence-electron chi connectivity index (χ4n) is 2.43. The molecule has 0 heterocycles. The molecule has 10 heteroatoms. The Balaban J connectivity index is 2.64. The smallest absolute Gasteiger partial charge is 0.282 e. The van der Waals surface area contributed by atoms with Crippen molar-refractivity contribution in [1.82, 2.24) is 0 Å². The van der Waals surface area contributed by atoms with E-state index in [0.29, 0.717) is 0 Å². The van der Waals surface area contributed by atoms with Crippen molar-refractivity contribution in [3.05, 3.63) is 73.3 Å². The molecular formula is C14H12N2O7S. The zero-order valence-electron chi connectivity index (χ0n) is 12.4. The zero-order chi connectivity index (χ0) is 18.1. The lowest BCUT2D eigenvalue weighted by Crippen LogP contribution is -2.07. The van der Waals surface area contributed by atoms with Crippen molar-refractivity contribution in [2.45, 2.75) is 18.2 Å². The third kappa shape index (κ3) is 3.55. The van der Waals surface area contributed by atoms with E-state index in [4.69, 9.17) is 0 Å². The van der Waals surface area contributed by atoms with Crippen LogP contribution in [0.1, 0.15) is 16.7 Å². The number of nitro groups is 2. The first-order chi connectivity index (χ1) is 11.1. The van der Waals surface area contributed by atoms with E-state index in [0.717, 1.165) is 18.2 Å². The van der Waals surface area contributed by atoms with Crippen molar-refractivity contribution in [3.8, 4) is 0 Å². The van der Waals surface area contributed by atoms with Crippen LogP contribution >= 0.6 is 0 Å². The molecule has 0 aliphatic carbocycles. The Morgan fingerprint density at radius 3 is 2.25 bits per heavy atom. The molecule has 0 saturated heterocycles. The summed E-state index contributed by atoms with van der Waals surface area (Å²) in [6.07, 6.45) is -0.255. The lowest BCUT2D eigenvalue weighted by molar-refractivity contribution is -0.389. The number of aryl methyl sites for hydroxylation is 1. The molecule has 0 amide bonds. The molecule has 0 aromatic heterocycles. The van der Waals surface area contributed by atoms with Gasteiger partial charge in [0.05, 0.1) is 9.85 Å². The highest BCUT2D eigenvalue weighted by Gasteiger charge is 2.23. The van der Waals surface area contributed by atoms with Crippen LogP contribution < -0.4 is 0 Å². The first kappa shape index (κ1) is 17.5. The Bertz CT molecular complexity index is 938. The van der Waals surface area contributed by atoms with Crippen LogP contribution in [0.5, 0.6) is 0 Å². The van der Waals surface area contributed by atoms with Gasteiger partial charge < -0.3 is 0 Å². The minimum Gasteiger partial charge on any atom is -0.282 e. The molecule has 2 aromatic rings. The topological polar surface area (TPSA) is 141 Å². The summed E-state index contributed by atoms with van der Waals surface area (Å²) in [4.78, 5) is 20.2. The minimum atomic E-state index is -4.55. The summed E-state index contributed by atoms with van der Waals surface area (Å²) in [6.45, 7) is 1.47. The van der Waals surface area contributed by atoms with E-state index in [1.807, 2.05) is 0 Å². The number of benzene rings is 2. The van der Waals surface area contributed by atoms with E-state index in [1.54, 1.807) is 0 Å². The van der Waals surface area contributed by atoms with Gasteiger partial charge in [0.2, 0.25) is 0 Å². The summed E-state index contributed by atoms with van der Waals surface area (Å²) in [5.41, 5.74) is -0.367. The molecule has 0 aliphatic heterocycles. The summed E-state index contributed by atoms with van der Waals surface area (Å²) in [6, 6.07) is 7.40. The first-order valence-electron chi connectivity index (χ1n) is 6.59. The predicted molar refractivity (Wildman–Crippen MR) is 83.6 cm³/mol. The summed E-state index contributed by atoms with van der Waals surface area (Å²) < 4.78 is 32.5. The largest absolute Gasteiger partial charge is 0.295 e. The third-order valence-corrected chi connectivity index (χ3v) is 4.50. The van der Waals surface area contributed by atoms with E-state index >= 15 is 0 Å². The van der Waals surface area contributed by atoms with Gasteiger partial charge in [0.25, 0.3) is 21.5 Å². The number of hydrogen-bond donors (Lipinski definition) is 1. The Labute approximate surface area is 136 Å². The number of nitrogens with zero attached hydrogens (tertiary/aromatic N) is 2. The quantitative estimate of drug-likeness (QED) is 0.495. The van der Waals surface area contributed by atoms with Gasteiger partial charge in [-0.05, 0) is 18.1 Å². The van der Waals surface area contributed by atoms with Crippen LogP contribution in [0.3, 0.4) is 0 Å². The van der Waals surface area contributed by atoms with Crippen LogP contribution in [-0.2, 0) is 16.5 Å². The molecule has 24 heavy (non-hydrogen) atoms. The zero-order valence-corrected chi connectivity index (χ0v) is 13.2. The average molecular weight is 352 g/mol. The van der Waals surface area contributed by atoms with Crippen LogP contribution in [0.15, 0.2) is 41.3 Å². The van der Waals surface area contributed by atoms with Crippen molar-refractivity contribution in [3.63, 3.8) is 0 Å². The van der Waals surface area contributed by atoms with Gasteiger partial charge in [-0.15, -0.1) is 0 Å². The van der Waals surface area contributed by atoms with E-state index in [9.17, 15) is 33.2 Å². The molecule has 0 spiro atoms. The monoisotopic (exact) mass is 352 g/mol. The predicted octanol–water partition coefficient (Wildman–Crippen LogP) is 2.65. The van der Waals surface area contributed by atoms with E-state index in [1.165, 1.54) is 25.1 Å². The van der Waals surface area contributed by atoms with Gasteiger partial charge in [-0.1, -0.05) is 18.2 Å². The number of rotatable bonds is 5. The van der Waals surface area contributed by atoms with Gasteiger partial charge in [-0.3, -0.25) is 24.8 Å². The number of hydrogen-bond acceptors (Lipinski definition) is 6. The maximum Gasteiger partial charge on any atom is 0.295 e.